The SMILES string of the molecule is CC1(C)CCC(C)(C)c2cc(-c3cc4c5c(n3)N(c3ccccc3)c3cc6c(cc3B5c3ccccc3O4)B3c4ccccc4Oc4cc(-c5ccc7c(c5)C(C)(C)CCC7(C)C)nc(c43)N6c3ccccc3)ccc21. The Kier molecular flexibility index (Phi) is 9.51. The molecule has 7 aromatic carbocycles. The molecule has 370 valence electrons. The number of aromatic nitrogens is 2. The minimum atomic E-state index is -0.167. The second kappa shape index (κ2) is 15.9. The molecule has 2 aliphatic carbocycles. The third-order valence-electron chi connectivity index (χ3n) is 18.5. The van der Waals surface area contributed by atoms with Gasteiger partial charge in [-0.05, 0) is 146 Å². The summed E-state index contributed by atoms with van der Waals surface area (Å²) >= 11 is 0. The van der Waals surface area contributed by atoms with Gasteiger partial charge < -0.3 is 9.47 Å². The maximum Gasteiger partial charge on any atom is 0.258 e. The Labute approximate surface area is 448 Å². The molecule has 0 saturated heterocycles. The van der Waals surface area contributed by atoms with Crippen molar-refractivity contribution in [2.24, 2.45) is 0 Å². The van der Waals surface area contributed by atoms with E-state index in [1.54, 1.807) is 0 Å². The quantitative estimate of drug-likeness (QED) is 0.164. The van der Waals surface area contributed by atoms with Crippen LogP contribution in [0.4, 0.5) is 34.4 Å². The molecule has 0 spiro atoms. The van der Waals surface area contributed by atoms with Crippen molar-refractivity contribution >= 4 is 80.6 Å². The minimum Gasteiger partial charge on any atom is -0.458 e. The first-order valence-corrected chi connectivity index (χ1v) is 27.5. The zero-order chi connectivity index (χ0) is 51.6. The van der Waals surface area contributed by atoms with Gasteiger partial charge in [-0.25, -0.2) is 9.97 Å². The van der Waals surface area contributed by atoms with Crippen LogP contribution >= 0.6 is 0 Å². The van der Waals surface area contributed by atoms with Crippen molar-refractivity contribution < 1.29 is 9.47 Å². The highest BCUT2D eigenvalue weighted by Gasteiger charge is 2.49. The van der Waals surface area contributed by atoms with Crippen molar-refractivity contribution in [2.75, 3.05) is 9.80 Å². The van der Waals surface area contributed by atoms with E-state index in [9.17, 15) is 0 Å². The number of anilines is 6. The Hall–Kier alpha value is -7.83. The van der Waals surface area contributed by atoms with Crippen molar-refractivity contribution in [1.82, 2.24) is 9.97 Å². The largest absolute Gasteiger partial charge is 0.458 e. The first-order valence-electron chi connectivity index (χ1n) is 27.5. The summed E-state index contributed by atoms with van der Waals surface area (Å²) in [6, 6.07) is 62.4. The lowest BCUT2D eigenvalue weighted by Gasteiger charge is -2.43. The molecule has 2 aromatic heterocycles. The molecule has 0 unspecified atom stereocenters. The number of hydrogen-bond donors (Lipinski definition) is 0. The van der Waals surface area contributed by atoms with Crippen molar-refractivity contribution in [3.05, 3.63) is 192 Å². The standard InChI is InChI=1S/C68H60B2N4O2/c1-65(2)31-33-67(5,6)47-35-41(27-29-45(47)65)53-38-59-61-63(71-53)73(43-19-11-9-12-20-43)55-40-56-52(37-51(55)69(61)49-23-15-17-25-57(49)75-59)70-50-24-16-18-26-58(50)76-60-39-54(72-64(62(60)70)74(56)44-21-13-10-14-22-44)42-28-30-46-48(36-42)68(7,8)34-32-66(46,3)4/h9-30,35-40H,31-34H2,1-8H3. The normalized spacial score (nSPS) is 17.8. The molecule has 0 atom stereocenters. The smallest absolute Gasteiger partial charge is 0.258 e. The van der Waals surface area contributed by atoms with Gasteiger partial charge in [0.05, 0.1) is 11.4 Å². The lowest BCUT2D eigenvalue weighted by Crippen LogP contribution is -2.64. The van der Waals surface area contributed by atoms with E-state index in [0.29, 0.717) is 0 Å². The number of nitrogens with zero attached hydrogens (tertiary/aromatic N) is 4. The minimum absolute atomic E-state index is 0.0389. The second-order valence-electron chi connectivity index (χ2n) is 25.0. The van der Waals surface area contributed by atoms with E-state index in [1.165, 1.54) is 33.2 Å². The fourth-order valence-electron chi connectivity index (χ4n) is 14.1. The van der Waals surface area contributed by atoms with Gasteiger partial charge in [0.1, 0.15) is 34.6 Å². The number of rotatable bonds is 4. The zero-order valence-electron chi connectivity index (χ0n) is 44.8. The van der Waals surface area contributed by atoms with Crippen molar-refractivity contribution in [1.29, 1.82) is 0 Å². The van der Waals surface area contributed by atoms with Crippen LogP contribution in [0, 0.1) is 0 Å². The monoisotopic (exact) mass is 986 g/mol. The Bertz CT molecular complexity index is 3690. The molecule has 8 heteroatoms. The Morgan fingerprint density at radius 3 is 1.17 bits per heavy atom. The summed E-state index contributed by atoms with van der Waals surface area (Å²) in [5.74, 6) is 5.17. The lowest BCUT2D eigenvalue weighted by molar-refractivity contribution is 0.332. The van der Waals surface area contributed by atoms with E-state index in [1.807, 2.05) is 0 Å². The van der Waals surface area contributed by atoms with Gasteiger partial charge in [-0.3, -0.25) is 9.80 Å². The molecule has 6 heterocycles. The average molecular weight is 987 g/mol. The van der Waals surface area contributed by atoms with Gasteiger partial charge in [0, 0.05) is 56.9 Å². The Morgan fingerprint density at radius 1 is 0.368 bits per heavy atom. The van der Waals surface area contributed by atoms with E-state index in [-0.39, 0.29) is 35.1 Å². The first-order chi connectivity index (χ1) is 36.6. The third-order valence-corrected chi connectivity index (χ3v) is 18.5. The number of hydrogen-bond acceptors (Lipinski definition) is 6. The molecule has 15 rings (SSSR count). The summed E-state index contributed by atoms with van der Waals surface area (Å²) in [5.41, 5.74) is 21.0. The van der Waals surface area contributed by atoms with Gasteiger partial charge in [-0.2, -0.15) is 0 Å². The van der Waals surface area contributed by atoms with Gasteiger partial charge >= 0.3 is 0 Å². The van der Waals surface area contributed by atoms with E-state index in [4.69, 9.17) is 19.4 Å². The van der Waals surface area contributed by atoms with Crippen LogP contribution in [0.25, 0.3) is 22.5 Å². The summed E-state index contributed by atoms with van der Waals surface area (Å²) in [4.78, 5) is 16.5. The van der Waals surface area contributed by atoms with Crippen LogP contribution < -0.4 is 52.1 Å². The van der Waals surface area contributed by atoms with Crippen molar-refractivity contribution in [3.63, 3.8) is 0 Å². The molecule has 4 aliphatic heterocycles. The summed E-state index contributed by atoms with van der Waals surface area (Å²) in [5, 5.41) is 0. The zero-order valence-corrected chi connectivity index (χ0v) is 44.8. The van der Waals surface area contributed by atoms with E-state index >= 15 is 0 Å². The number of fused-ring (bicyclic) bond motifs is 10. The Morgan fingerprint density at radius 2 is 0.750 bits per heavy atom. The topological polar surface area (TPSA) is 50.7 Å². The van der Waals surface area contributed by atoms with Crippen molar-refractivity contribution in [3.8, 4) is 45.5 Å². The van der Waals surface area contributed by atoms with Gasteiger partial charge in [0.2, 0.25) is 0 Å². The van der Waals surface area contributed by atoms with Gasteiger partial charge in [-0.15, -0.1) is 0 Å². The lowest BCUT2D eigenvalue weighted by atomic mass is 9.31. The van der Waals surface area contributed by atoms with E-state index in [2.05, 4.69) is 235 Å². The van der Waals surface area contributed by atoms with Crippen LogP contribution in [0.5, 0.6) is 23.0 Å². The predicted molar refractivity (Wildman–Crippen MR) is 315 cm³/mol. The van der Waals surface area contributed by atoms with Crippen LogP contribution in [0.1, 0.15) is 103 Å². The summed E-state index contributed by atoms with van der Waals surface area (Å²) < 4.78 is 14.2. The molecule has 0 radical (unpaired) electrons. The summed E-state index contributed by atoms with van der Waals surface area (Å²) in [7, 11) is 0. The third kappa shape index (κ3) is 6.61. The molecule has 0 N–H and O–H groups in total. The highest BCUT2D eigenvalue weighted by Crippen LogP contribution is 2.51. The molecular weight excluding hydrogens is 926 g/mol. The summed E-state index contributed by atoms with van der Waals surface area (Å²) in [6.45, 7) is 18.8. The molecule has 76 heavy (non-hydrogen) atoms. The first kappa shape index (κ1) is 45.6. The number of benzene rings is 7. The maximum absolute atomic E-state index is 7.12. The maximum atomic E-state index is 7.12. The molecule has 0 saturated carbocycles. The molecule has 6 nitrogen and oxygen atoms in total. The van der Waals surface area contributed by atoms with E-state index in [0.717, 1.165) is 127 Å². The van der Waals surface area contributed by atoms with Crippen LogP contribution in [0.2, 0.25) is 0 Å². The van der Waals surface area contributed by atoms with Gasteiger partial charge in [0.25, 0.3) is 13.4 Å². The molecule has 0 bridgehead atoms. The summed E-state index contributed by atoms with van der Waals surface area (Å²) in [6.07, 6.45) is 4.60. The highest BCUT2D eigenvalue weighted by atomic mass is 16.5. The molecule has 6 aliphatic rings. The Balaban J connectivity index is 1.000. The number of pyridine rings is 2. The molecule has 0 fully saturated rings. The highest BCUT2D eigenvalue weighted by molar-refractivity contribution is 7.02. The van der Waals surface area contributed by atoms with Crippen molar-refractivity contribution in [2.45, 2.75) is 103 Å². The fourth-order valence-corrected chi connectivity index (χ4v) is 14.1. The second-order valence-corrected chi connectivity index (χ2v) is 25.0. The van der Waals surface area contributed by atoms with Gasteiger partial charge in [0.15, 0.2) is 0 Å². The number of ether oxygens (including phenoxy) is 2. The molecule has 0 amide bonds. The van der Waals surface area contributed by atoms with E-state index < -0.39 is 0 Å². The predicted octanol–water partition coefficient (Wildman–Crippen LogP) is 13.3. The molecular formula is C68H60B2N4O2. The van der Waals surface area contributed by atoms with Crippen LogP contribution in [0.15, 0.2) is 170 Å². The van der Waals surface area contributed by atoms with Crippen LogP contribution in [-0.4, -0.2) is 23.4 Å². The molecule has 9 aromatic rings. The number of para-hydroxylation sites is 4. The van der Waals surface area contributed by atoms with Crippen LogP contribution in [0.3, 0.4) is 0 Å². The van der Waals surface area contributed by atoms with Gasteiger partial charge in [-0.1, -0.05) is 159 Å². The fraction of sp³-hybridized carbons (Fsp3) is 0.235. The van der Waals surface area contributed by atoms with Crippen LogP contribution in [-0.2, 0) is 21.7 Å². The average Bonchev–Trinajstić information content (AvgIpc) is 3.43.